The molecule has 0 aromatic carbocycles. The molecule has 7 heteroatoms. The maximum Gasteiger partial charge on any atom is 0.472 e. The van der Waals surface area contributed by atoms with Crippen molar-refractivity contribution in [2.24, 2.45) is 0 Å². The molecule has 1 unspecified atom stereocenters. The van der Waals surface area contributed by atoms with Crippen molar-refractivity contribution in [3.63, 3.8) is 0 Å². The van der Waals surface area contributed by atoms with Crippen LogP contribution < -0.4 is 0 Å². The third kappa shape index (κ3) is 15.3. The van der Waals surface area contributed by atoms with Gasteiger partial charge in [-0.1, -0.05) is 52.4 Å². The Balaban J connectivity index is 3.98. The van der Waals surface area contributed by atoms with Crippen molar-refractivity contribution >= 4 is 7.82 Å². The second-order valence-corrected chi connectivity index (χ2v) is 7.20. The van der Waals surface area contributed by atoms with Crippen LogP contribution in [0.25, 0.3) is 0 Å². The number of phosphoric ester groups is 1. The molecule has 0 radical (unpaired) electrons. The highest BCUT2D eigenvalue weighted by Crippen LogP contribution is 2.41. The summed E-state index contributed by atoms with van der Waals surface area (Å²) in [5, 5.41) is 0. The summed E-state index contributed by atoms with van der Waals surface area (Å²) in [4.78, 5) is 9.30. The minimum absolute atomic E-state index is 0.00957. The van der Waals surface area contributed by atoms with Gasteiger partial charge in [-0.05, 0) is 12.8 Å². The summed E-state index contributed by atoms with van der Waals surface area (Å²) in [5.74, 6) is 0. The second kappa shape index (κ2) is 15.6. The van der Waals surface area contributed by atoms with Crippen LogP contribution >= 0.6 is 7.82 Å². The van der Waals surface area contributed by atoms with Crippen LogP contribution in [0.1, 0.15) is 65.2 Å². The number of hydrogen-bond donors (Lipinski definition) is 1. The van der Waals surface area contributed by atoms with Crippen molar-refractivity contribution in [2.45, 2.75) is 71.3 Å². The minimum Gasteiger partial charge on any atom is -0.379 e. The van der Waals surface area contributed by atoms with Gasteiger partial charge >= 0.3 is 7.82 Å². The molecule has 1 N–H and O–H groups in total. The van der Waals surface area contributed by atoms with Crippen LogP contribution in [0.15, 0.2) is 0 Å². The van der Waals surface area contributed by atoms with Crippen molar-refractivity contribution in [1.29, 1.82) is 0 Å². The zero-order valence-corrected chi connectivity index (χ0v) is 15.9. The fraction of sp³-hybridized carbons (Fsp3) is 1.00. The molecule has 0 amide bonds. The summed E-state index contributed by atoms with van der Waals surface area (Å²) in [6.07, 6.45) is 8.70. The second-order valence-electron chi connectivity index (χ2n) is 5.64. The smallest absolute Gasteiger partial charge is 0.379 e. The molecule has 0 aliphatic heterocycles. The highest BCUT2D eigenvalue weighted by Gasteiger charge is 2.21. The van der Waals surface area contributed by atoms with Gasteiger partial charge in [-0.25, -0.2) is 4.57 Å². The molecule has 0 bridgehead atoms. The third-order valence-corrected chi connectivity index (χ3v) is 4.39. The number of unbranched alkanes of at least 4 members (excludes halogenated alkanes) is 6. The van der Waals surface area contributed by atoms with Crippen LogP contribution in [-0.4, -0.2) is 44.5 Å². The van der Waals surface area contributed by atoms with Crippen LogP contribution in [-0.2, 0) is 23.1 Å². The van der Waals surface area contributed by atoms with Gasteiger partial charge in [0.1, 0.15) is 6.10 Å². The molecular formula is C16H35O6P. The zero-order chi connectivity index (χ0) is 17.4. The Bertz CT molecular complexity index is 300. The average molecular weight is 354 g/mol. The van der Waals surface area contributed by atoms with E-state index < -0.39 is 7.82 Å². The molecular weight excluding hydrogens is 319 g/mol. The summed E-state index contributed by atoms with van der Waals surface area (Å²) in [6, 6.07) is 0. The fourth-order valence-electron chi connectivity index (χ4n) is 2.00. The van der Waals surface area contributed by atoms with Crippen molar-refractivity contribution in [1.82, 2.24) is 0 Å². The van der Waals surface area contributed by atoms with E-state index in [0.29, 0.717) is 19.8 Å². The fourth-order valence-corrected chi connectivity index (χ4v) is 2.46. The number of rotatable bonds is 17. The molecule has 0 saturated heterocycles. The van der Waals surface area contributed by atoms with Crippen molar-refractivity contribution in [3.8, 4) is 0 Å². The van der Waals surface area contributed by atoms with E-state index in [9.17, 15) is 9.46 Å². The Kier molecular flexibility index (Phi) is 15.6. The molecule has 23 heavy (non-hydrogen) atoms. The Labute approximate surface area is 141 Å². The van der Waals surface area contributed by atoms with E-state index in [2.05, 4.69) is 18.4 Å². The highest BCUT2D eigenvalue weighted by atomic mass is 31.2. The summed E-state index contributed by atoms with van der Waals surface area (Å²) >= 11 is 0. The Morgan fingerprint density at radius 1 is 0.913 bits per heavy atom. The zero-order valence-electron chi connectivity index (χ0n) is 15.0. The monoisotopic (exact) mass is 354 g/mol. The van der Waals surface area contributed by atoms with Gasteiger partial charge in [0.25, 0.3) is 0 Å². The topological polar surface area (TPSA) is 74.2 Å². The molecule has 0 heterocycles. The summed E-state index contributed by atoms with van der Waals surface area (Å²) in [7, 11) is -2.82. The first-order valence-electron chi connectivity index (χ1n) is 8.78. The van der Waals surface area contributed by atoms with Crippen LogP contribution in [0.5, 0.6) is 0 Å². The first-order valence-corrected chi connectivity index (χ1v) is 10.3. The normalized spacial score (nSPS) is 15.5. The van der Waals surface area contributed by atoms with Crippen LogP contribution in [0.3, 0.4) is 0 Å². The lowest BCUT2D eigenvalue weighted by molar-refractivity contribution is -0.0436. The van der Waals surface area contributed by atoms with E-state index in [-0.39, 0.29) is 12.7 Å². The molecule has 0 aromatic rings. The molecule has 140 valence electrons. The number of hydrogen-bond acceptors (Lipinski definition) is 5. The van der Waals surface area contributed by atoms with Gasteiger partial charge in [0.15, 0.2) is 0 Å². The quantitative estimate of drug-likeness (QED) is 0.310. The highest BCUT2D eigenvalue weighted by molar-refractivity contribution is 7.47. The van der Waals surface area contributed by atoms with Gasteiger partial charge in [0, 0.05) is 20.3 Å². The summed E-state index contributed by atoms with van der Waals surface area (Å²) in [6.45, 7) is 5.97. The Hall–Kier alpha value is 0.0300. The van der Waals surface area contributed by atoms with Gasteiger partial charge in [0.2, 0.25) is 0 Å². The minimum atomic E-state index is -3.97. The molecule has 0 fully saturated rings. The van der Waals surface area contributed by atoms with Gasteiger partial charge in [-0.3, -0.25) is 9.05 Å². The summed E-state index contributed by atoms with van der Waals surface area (Å²) < 4.78 is 32.0. The predicted molar refractivity (Wildman–Crippen MR) is 91.6 cm³/mol. The molecule has 2 atom stereocenters. The average Bonchev–Trinajstić information content (AvgIpc) is 2.54. The van der Waals surface area contributed by atoms with E-state index in [1.165, 1.54) is 25.7 Å². The lowest BCUT2D eigenvalue weighted by Gasteiger charge is -2.19. The Morgan fingerprint density at radius 3 is 2.09 bits per heavy atom. The lowest BCUT2D eigenvalue weighted by atomic mass is 10.2. The number of phosphoric acid groups is 1. The van der Waals surface area contributed by atoms with E-state index in [0.717, 1.165) is 32.8 Å². The summed E-state index contributed by atoms with van der Waals surface area (Å²) in [5.41, 5.74) is 0. The Morgan fingerprint density at radius 2 is 1.52 bits per heavy atom. The van der Waals surface area contributed by atoms with Crippen molar-refractivity contribution in [2.75, 3.05) is 33.5 Å². The van der Waals surface area contributed by atoms with E-state index >= 15 is 0 Å². The molecule has 0 aliphatic carbocycles. The van der Waals surface area contributed by atoms with Crippen LogP contribution in [0, 0.1) is 0 Å². The molecule has 0 spiro atoms. The lowest BCUT2D eigenvalue weighted by Crippen LogP contribution is -2.26. The number of ether oxygens (including phenoxy) is 2. The molecule has 0 saturated carbocycles. The maximum absolute atomic E-state index is 11.4. The molecule has 0 rings (SSSR count). The third-order valence-electron chi connectivity index (χ3n) is 3.45. The van der Waals surface area contributed by atoms with Gasteiger partial charge in [-0.2, -0.15) is 0 Å². The SMILES string of the molecule is CCCCCCOC[C@H](COP(=O)(O)OC)OCCCCCC. The first kappa shape index (κ1) is 23.0. The maximum atomic E-state index is 11.4. The standard InChI is InChI=1S/C16H35O6P/c1-4-6-8-10-12-20-14-16(15-22-23(17,18)19-3)21-13-11-9-7-5-2/h16H,4-15H2,1-3H3,(H,17,18)/t16-/m1/s1. The van der Waals surface area contributed by atoms with E-state index in [1.807, 2.05) is 0 Å². The van der Waals surface area contributed by atoms with Gasteiger partial charge in [-0.15, -0.1) is 0 Å². The first-order chi connectivity index (χ1) is 11.1. The van der Waals surface area contributed by atoms with Gasteiger partial charge in [0.05, 0.1) is 13.2 Å². The predicted octanol–water partition coefficient (Wildman–Crippen LogP) is 4.31. The van der Waals surface area contributed by atoms with Crippen LogP contribution in [0.4, 0.5) is 0 Å². The van der Waals surface area contributed by atoms with Crippen molar-refractivity contribution in [3.05, 3.63) is 0 Å². The van der Waals surface area contributed by atoms with Crippen molar-refractivity contribution < 1.29 is 28.0 Å². The van der Waals surface area contributed by atoms with E-state index in [4.69, 9.17) is 14.0 Å². The molecule has 0 aliphatic rings. The molecule has 0 aromatic heterocycles. The largest absolute Gasteiger partial charge is 0.472 e. The molecule has 6 nitrogen and oxygen atoms in total. The van der Waals surface area contributed by atoms with Crippen LogP contribution in [0.2, 0.25) is 0 Å². The van der Waals surface area contributed by atoms with Gasteiger partial charge < -0.3 is 14.4 Å². The van der Waals surface area contributed by atoms with E-state index in [1.54, 1.807) is 0 Å².